The van der Waals surface area contributed by atoms with Gasteiger partial charge in [-0.15, -0.1) is 11.3 Å². The number of aromatic nitrogens is 1. The van der Waals surface area contributed by atoms with Crippen LogP contribution in [0.4, 0.5) is 0 Å². The van der Waals surface area contributed by atoms with E-state index in [0.717, 1.165) is 63.9 Å². The maximum Gasteiger partial charge on any atom is 0.118 e. The van der Waals surface area contributed by atoms with Gasteiger partial charge in [-0.25, -0.2) is 15.0 Å². The van der Waals surface area contributed by atoms with Crippen molar-refractivity contribution < 1.29 is 4.74 Å². The molecule has 0 radical (unpaired) electrons. The van der Waals surface area contributed by atoms with Crippen molar-refractivity contribution in [2.45, 2.75) is 40.5 Å². The van der Waals surface area contributed by atoms with Crippen LogP contribution in [0.2, 0.25) is 0 Å². The Balaban J connectivity index is 1.69. The average molecular weight is 504 g/mol. The number of nitrogens with zero attached hydrogens (tertiary/aromatic N) is 3. The lowest BCUT2D eigenvalue weighted by Gasteiger charge is -2.02. The van der Waals surface area contributed by atoms with E-state index in [1.54, 1.807) is 18.4 Å². The van der Waals surface area contributed by atoms with Crippen LogP contribution in [0.15, 0.2) is 80.1 Å². The van der Waals surface area contributed by atoms with E-state index >= 15 is 0 Å². The smallest absolute Gasteiger partial charge is 0.118 e. The van der Waals surface area contributed by atoms with Crippen LogP contribution >= 0.6 is 11.3 Å². The summed E-state index contributed by atoms with van der Waals surface area (Å²) >= 11 is 1.77. The highest BCUT2D eigenvalue weighted by atomic mass is 32.1. The molecule has 0 fully saturated rings. The molecule has 6 rings (SSSR count). The average Bonchev–Trinajstić information content (AvgIpc) is 3.57. The lowest BCUT2D eigenvalue weighted by atomic mass is 10.0. The monoisotopic (exact) mass is 503 g/mol. The molecule has 1 aromatic rings. The number of allylic oxidation sites excluding steroid dienone is 4. The molecule has 0 saturated carbocycles. The summed E-state index contributed by atoms with van der Waals surface area (Å²) in [7, 11) is 1.70. The van der Waals surface area contributed by atoms with Crippen molar-refractivity contribution >= 4 is 47.1 Å². The fourth-order valence-corrected chi connectivity index (χ4v) is 6.22. The van der Waals surface area contributed by atoms with Gasteiger partial charge in [-0.05, 0) is 110 Å². The normalized spacial score (nSPS) is 16.8. The molecule has 0 unspecified atom stereocenters. The molecule has 1 aromatic heterocycles. The topological polar surface area (TPSA) is 46.8 Å². The Labute approximate surface area is 221 Å². The van der Waals surface area contributed by atoms with E-state index in [0.29, 0.717) is 0 Å². The predicted octanol–water partition coefficient (Wildman–Crippen LogP) is 6.58. The highest BCUT2D eigenvalue weighted by Gasteiger charge is 2.23. The summed E-state index contributed by atoms with van der Waals surface area (Å²) in [5, 5.41) is 0. The number of methoxy groups -OCH3 is 1. The molecule has 0 spiro atoms. The van der Waals surface area contributed by atoms with Gasteiger partial charge in [0, 0.05) is 20.2 Å². The summed E-state index contributed by atoms with van der Waals surface area (Å²) in [5.74, 6) is 0.812. The predicted molar refractivity (Wildman–Crippen MR) is 157 cm³/mol. The second-order valence-electron chi connectivity index (χ2n) is 9.48. The Kier molecular flexibility index (Phi) is 5.88. The third kappa shape index (κ3) is 4.04. The summed E-state index contributed by atoms with van der Waals surface area (Å²) in [5.41, 5.74) is 13.0. The van der Waals surface area contributed by atoms with Gasteiger partial charge >= 0.3 is 0 Å². The van der Waals surface area contributed by atoms with Crippen molar-refractivity contribution in [3.63, 3.8) is 0 Å². The minimum atomic E-state index is 0.812. The van der Waals surface area contributed by atoms with Crippen molar-refractivity contribution in [3.8, 4) is 16.9 Å². The van der Waals surface area contributed by atoms with E-state index in [2.05, 4.69) is 76.3 Å². The van der Waals surface area contributed by atoms with Crippen LogP contribution in [0.5, 0.6) is 5.75 Å². The van der Waals surface area contributed by atoms with Crippen LogP contribution in [-0.2, 0) is 0 Å². The number of ether oxygens (including phenoxy) is 1. The molecule has 184 valence electrons. The van der Waals surface area contributed by atoms with Gasteiger partial charge < -0.3 is 4.74 Å². The molecular formula is C32H29N3OS. The summed E-state index contributed by atoms with van der Waals surface area (Å²) in [4.78, 5) is 15.3. The van der Waals surface area contributed by atoms with Gasteiger partial charge in [0.1, 0.15) is 5.75 Å². The third-order valence-electron chi connectivity index (χ3n) is 7.38. The van der Waals surface area contributed by atoms with Crippen LogP contribution in [0.25, 0.3) is 35.4 Å². The second-order valence-corrected chi connectivity index (χ2v) is 10.6. The number of aliphatic imine (C=N–C) groups is 2. The molecule has 0 saturated heterocycles. The molecule has 5 aliphatic rings. The van der Waals surface area contributed by atoms with Crippen molar-refractivity contribution in [2.24, 2.45) is 9.98 Å². The standard InChI is InChI=1S/C32H29N3OS/c1-6-23-18(3)27-14-21-10-11-22(37-21)15-28-19(4)24(7-2)30(34-28)17-32-26-13-9-20(36-5)8-12-25(26)31(35-32)16-29(23)33-27/h8-17H,6-7H2,1-5H3. The number of thiophene rings is 1. The van der Waals surface area contributed by atoms with E-state index in [-0.39, 0.29) is 0 Å². The van der Waals surface area contributed by atoms with E-state index in [1.807, 2.05) is 12.1 Å². The molecule has 0 atom stereocenters. The number of fused-ring (bicyclic) bond motifs is 9. The van der Waals surface area contributed by atoms with Crippen LogP contribution in [0.1, 0.15) is 51.9 Å². The SMILES string of the molecule is CCC1=C(C)C2=NC1=Cc1nc(c3ccc(OC)ccc1-3)C=C1N=C(C=c3ccc(s3)=C2)C(C)=C1CC. The number of hydrogen-bond acceptors (Lipinski definition) is 5. The molecular weight excluding hydrogens is 474 g/mol. The molecule has 4 aliphatic heterocycles. The zero-order chi connectivity index (χ0) is 25.7. The van der Waals surface area contributed by atoms with Gasteiger partial charge in [0.15, 0.2) is 0 Å². The largest absolute Gasteiger partial charge is 0.497 e. The summed E-state index contributed by atoms with van der Waals surface area (Å²) in [6, 6.07) is 12.6. The molecule has 0 N–H and O–H groups in total. The molecule has 0 amide bonds. The molecule has 5 heteroatoms. The maximum absolute atomic E-state index is 5.53. The van der Waals surface area contributed by atoms with Crippen LogP contribution < -0.4 is 13.8 Å². The number of hydrogen-bond donors (Lipinski definition) is 0. The molecule has 4 nitrogen and oxygen atoms in total. The van der Waals surface area contributed by atoms with E-state index in [9.17, 15) is 0 Å². The van der Waals surface area contributed by atoms with E-state index < -0.39 is 0 Å². The van der Waals surface area contributed by atoms with Gasteiger partial charge in [-0.2, -0.15) is 0 Å². The van der Waals surface area contributed by atoms with Gasteiger partial charge in [-0.3, -0.25) is 0 Å². The van der Waals surface area contributed by atoms with Gasteiger partial charge in [0.2, 0.25) is 0 Å². The third-order valence-corrected chi connectivity index (χ3v) is 8.36. The van der Waals surface area contributed by atoms with Crippen molar-refractivity contribution in [1.82, 2.24) is 4.98 Å². The Morgan fingerprint density at radius 2 is 1.16 bits per heavy atom. The van der Waals surface area contributed by atoms with E-state index in [1.165, 1.54) is 31.4 Å². The van der Waals surface area contributed by atoms with Gasteiger partial charge in [0.25, 0.3) is 0 Å². The van der Waals surface area contributed by atoms with Crippen molar-refractivity contribution in [2.75, 3.05) is 7.11 Å². The van der Waals surface area contributed by atoms with Crippen LogP contribution in [-0.4, -0.2) is 23.5 Å². The van der Waals surface area contributed by atoms with Crippen LogP contribution in [0, 0.1) is 0 Å². The van der Waals surface area contributed by atoms with Crippen LogP contribution in [0.3, 0.4) is 0 Å². The first-order valence-corrected chi connectivity index (χ1v) is 13.6. The lowest BCUT2D eigenvalue weighted by molar-refractivity contribution is 0.415. The zero-order valence-electron chi connectivity index (χ0n) is 21.8. The highest BCUT2D eigenvalue weighted by Crippen LogP contribution is 2.38. The lowest BCUT2D eigenvalue weighted by Crippen LogP contribution is -2.02. The molecule has 8 bridgehead atoms. The summed E-state index contributed by atoms with van der Waals surface area (Å²) < 4.78 is 7.92. The Morgan fingerprint density at radius 1 is 0.676 bits per heavy atom. The summed E-state index contributed by atoms with van der Waals surface area (Å²) in [6.07, 6.45) is 10.5. The Hall–Kier alpha value is -3.83. The fourth-order valence-electron chi connectivity index (χ4n) is 5.34. The summed E-state index contributed by atoms with van der Waals surface area (Å²) in [6.45, 7) is 8.74. The van der Waals surface area contributed by atoms with Gasteiger partial charge in [-0.1, -0.05) is 13.8 Å². The Bertz CT molecular complexity index is 1620. The first-order valence-electron chi connectivity index (χ1n) is 12.8. The van der Waals surface area contributed by atoms with Crippen molar-refractivity contribution in [3.05, 3.63) is 90.5 Å². The minimum absolute atomic E-state index is 0.812. The van der Waals surface area contributed by atoms with Crippen molar-refractivity contribution in [1.29, 1.82) is 0 Å². The zero-order valence-corrected chi connectivity index (χ0v) is 22.7. The quantitative estimate of drug-likeness (QED) is 0.406. The second kappa shape index (κ2) is 9.24. The van der Waals surface area contributed by atoms with Gasteiger partial charge in [0.05, 0.1) is 41.3 Å². The molecule has 5 heterocycles. The Morgan fingerprint density at radius 3 is 1.59 bits per heavy atom. The van der Waals surface area contributed by atoms with E-state index in [4.69, 9.17) is 19.7 Å². The highest BCUT2D eigenvalue weighted by molar-refractivity contribution is 7.08. The first-order chi connectivity index (χ1) is 18.0. The molecule has 37 heavy (non-hydrogen) atoms. The first kappa shape index (κ1) is 23.6. The fraction of sp³-hybridized carbons (Fsp3) is 0.219. The molecule has 1 aliphatic carbocycles. The maximum atomic E-state index is 5.53. The minimum Gasteiger partial charge on any atom is -0.497 e. The molecule has 0 aromatic carbocycles. The number of rotatable bonds is 3.